The van der Waals surface area contributed by atoms with Crippen molar-refractivity contribution in [2.24, 2.45) is 0 Å². The molecule has 0 aliphatic heterocycles. The molecule has 0 radical (unpaired) electrons. The first-order valence-electron chi connectivity index (χ1n) is 9.68. The van der Waals surface area contributed by atoms with Gasteiger partial charge < -0.3 is 10.1 Å². The van der Waals surface area contributed by atoms with E-state index in [1.165, 1.54) is 12.1 Å². The summed E-state index contributed by atoms with van der Waals surface area (Å²) in [5, 5.41) is 3.32. The molecule has 0 spiro atoms. The highest BCUT2D eigenvalue weighted by Gasteiger charge is 2.15. The molecule has 156 valence electrons. The quantitative estimate of drug-likeness (QED) is 0.396. The van der Waals surface area contributed by atoms with Crippen molar-refractivity contribution in [2.75, 3.05) is 10.0 Å². The molecule has 0 fully saturated rings. The fourth-order valence-electron chi connectivity index (χ4n) is 2.90. The normalized spacial score (nSPS) is 11.0. The minimum absolute atomic E-state index is 0.107. The second kappa shape index (κ2) is 9.32. The third-order valence-electron chi connectivity index (χ3n) is 4.45. The first-order chi connectivity index (χ1) is 15.1. The van der Waals surface area contributed by atoms with E-state index in [-0.39, 0.29) is 4.90 Å². The van der Waals surface area contributed by atoms with Gasteiger partial charge in [0.1, 0.15) is 5.75 Å². The number of nitrogens with one attached hydrogen (secondary N) is 2. The van der Waals surface area contributed by atoms with E-state index >= 15 is 0 Å². The zero-order valence-corrected chi connectivity index (χ0v) is 17.4. The summed E-state index contributed by atoms with van der Waals surface area (Å²) in [6, 6.07) is 28.7. The predicted molar refractivity (Wildman–Crippen MR) is 122 cm³/mol. The molecule has 2 N–H and O–H groups in total. The van der Waals surface area contributed by atoms with Gasteiger partial charge in [-0.1, -0.05) is 42.5 Å². The average Bonchev–Trinajstić information content (AvgIpc) is 2.80. The van der Waals surface area contributed by atoms with E-state index in [2.05, 4.69) is 15.0 Å². The molecule has 7 heteroatoms. The van der Waals surface area contributed by atoms with Crippen molar-refractivity contribution in [1.82, 2.24) is 4.98 Å². The molecule has 0 saturated carbocycles. The Balaban J connectivity index is 1.42. The monoisotopic (exact) mass is 431 g/mol. The summed E-state index contributed by atoms with van der Waals surface area (Å²) in [6.45, 7) is 0.643. The zero-order valence-electron chi connectivity index (χ0n) is 16.6. The number of sulfonamides is 1. The van der Waals surface area contributed by atoms with Crippen LogP contribution in [0.15, 0.2) is 108 Å². The maximum atomic E-state index is 12.8. The largest absolute Gasteiger partial charge is 0.439 e. The molecule has 3 aromatic carbocycles. The summed E-state index contributed by atoms with van der Waals surface area (Å²) in [5.41, 5.74) is 2.55. The van der Waals surface area contributed by atoms with E-state index in [9.17, 15) is 8.42 Å². The molecule has 4 aromatic rings. The van der Waals surface area contributed by atoms with Crippen molar-refractivity contribution in [3.05, 3.63) is 109 Å². The molecule has 0 aliphatic carbocycles. The first-order valence-corrected chi connectivity index (χ1v) is 11.2. The van der Waals surface area contributed by atoms with Gasteiger partial charge in [-0.25, -0.2) is 13.4 Å². The SMILES string of the molecule is O=S(=O)(Nc1ccc(CNc2ccccc2)cc1)c1cccc(Oc2ccccn2)c1. The molecule has 0 unspecified atom stereocenters. The van der Waals surface area contributed by atoms with Crippen molar-refractivity contribution in [3.8, 4) is 11.6 Å². The topological polar surface area (TPSA) is 80.3 Å². The zero-order chi connectivity index (χ0) is 21.5. The van der Waals surface area contributed by atoms with Crippen molar-refractivity contribution < 1.29 is 13.2 Å². The number of benzene rings is 3. The van der Waals surface area contributed by atoms with Crippen LogP contribution in [0.2, 0.25) is 0 Å². The summed E-state index contributed by atoms with van der Waals surface area (Å²) >= 11 is 0. The smallest absolute Gasteiger partial charge is 0.262 e. The van der Waals surface area contributed by atoms with Gasteiger partial charge in [0, 0.05) is 36.2 Å². The van der Waals surface area contributed by atoms with Crippen LogP contribution in [0.1, 0.15) is 5.56 Å². The Labute approximate surface area is 181 Å². The number of hydrogen-bond donors (Lipinski definition) is 2. The van der Waals surface area contributed by atoms with Crippen LogP contribution >= 0.6 is 0 Å². The Bertz CT molecular complexity index is 1230. The van der Waals surface area contributed by atoms with Crippen LogP contribution < -0.4 is 14.8 Å². The molecule has 0 aliphatic rings. The van der Waals surface area contributed by atoms with Gasteiger partial charge in [-0.05, 0) is 48.0 Å². The van der Waals surface area contributed by atoms with Gasteiger partial charge in [-0.2, -0.15) is 0 Å². The summed E-state index contributed by atoms with van der Waals surface area (Å²) in [6.07, 6.45) is 1.61. The second-order valence-electron chi connectivity index (χ2n) is 6.77. The van der Waals surface area contributed by atoms with Crippen LogP contribution in [0.4, 0.5) is 11.4 Å². The Hall–Kier alpha value is -3.84. The number of nitrogens with zero attached hydrogens (tertiary/aromatic N) is 1. The van der Waals surface area contributed by atoms with E-state index in [1.807, 2.05) is 42.5 Å². The number of ether oxygens (including phenoxy) is 1. The van der Waals surface area contributed by atoms with Gasteiger partial charge in [0.2, 0.25) is 5.88 Å². The molecular weight excluding hydrogens is 410 g/mol. The van der Waals surface area contributed by atoms with Gasteiger partial charge >= 0.3 is 0 Å². The number of rotatable bonds is 8. The molecule has 31 heavy (non-hydrogen) atoms. The van der Waals surface area contributed by atoms with E-state index in [0.717, 1.165) is 11.3 Å². The third-order valence-corrected chi connectivity index (χ3v) is 5.83. The van der Waals surface area contributed by atoms with Crippen LogP contribution in [0.25, 0.3) is 0 Å². The molecule has 1 aromatic heterocycles. The van der Waals surface area contributed by atoms with Crippen LogP contribution in [0, 0.1) is 0 Å². The van der Waals surface area contributed by atoms with E-state index in [0.29, 0.717) is 23.9 Å². The maximum absolute atomic E-state index is 12.8. The van der Waals surface area contributed by atoms with Crippen molar-refractivity contribution >= 4 is 21.4 Å². The molecule has 0 amide bonds. The Kier molecular flexibility index (Phi) is 6.14. The molecular formula is C24H21N3O3S. The standard InChI is InChI=1S/C24H21N3O3S/c28-31(29,23-10-6-9-22(17-23)30-24-11-4-5-16-25-24)27-21-14-12-19(13-15-21)18-26-20-7-2-1-3-8-20/h1-17,26-27H,18H2. The average molecular weight is 432 g/mol. The molecule has 0 atom stereocenters. The summed E-state index contributed by atoms with van der Waals surface area (Å²) in [5.74, 6) is 0.786. The third kappa shape index (κ3) is 5.61. The fourth-order valence-corrected chi connectivity index (χ4v) is 3.99. The van der Waals surface area contributed by atoms with Crippen LogP contribution in [0.3, 0.4) is 0 Å². The number of aromatic nitrogens is 1. The number of anilines is 2. The van der Waals surface area contributed by atoms with E-state index in [4.69, 9.17) is 4.74 Å². The summed E-state index contributed by atoms with van der Waals surface area (Å²) in [7, 11) is -3.76. The molecule has 0 saturated heterocycles. The van der Waals surface area contributed by atoms with Gasteiger partial charge in [-0.3, -0.25) is 4.72 Å². The van der Waals surface area contributed by atoms with Crippen LogP contribution in [-0.2, 0) is 16.6 Å². The number of pyridine rings is 1. The van der Waals surface area contributed by atoms with E-state index in [1.54, 1.807) is 48.7 Å². The van der Waals surface area contributed by atoms with Crippen molar-refractivity contribution in [1.29, 1.82) is 0 Å². The van der Waals surface area contributed by atoms with Crippen LogP contribution in [-0.4, -0.2) is 13.4 Å². The summed E-state index contributed by atoms with van der Waals surface area (Å²) < 4.78 is 33.9. The number of para-hydroxylation sites is 1. The highest BCUT2D eigenvalue weighted by atomic mass is 32.2. The fraction of sp³-hybridized carbons (Fsp3) is 0.0417. The first kappa shape index (κ1) is 20.4. The van der Waals surface area contributed by atoms with Crippen molar-refractivity contribution in [3.63, 3.8) is 0 Å². The van der Waals surface area contributed by atoms with Gasteiger partial charge in [0.15, 0.2) is 0 Å². The Morgan fingerprint density at radius 3 is 2.29 bits per heavy atom. The minimum Gasteiger partial charge on any atom is -0.439 e. The van der Waals surface area contributed by atoms with E-state index < -0.39 is 10.0 Å². The minimum atomic E-state index is -3.76. The maximum Gasteiger partial charge on any atom is 0.262 e. The Morgan fingerprint density at radius 1 is 0.774 bits per heavy atom. The summed E-state index contributed by atoms with van der Waals surface area (Å²) in [4.78, 5) is 4.19. The number of hydrogen-bond acceptors (Lipinski definition) is 5. The molecule has 1 heterocycles. The molecule has 4 rings (SSSR count). The van der Waals surface area contributed by atoms with Gasteiger partial charge in [0.25, 0.3) is 10.0 Å². The van der Waals surface area contributed by atoms with Gasteiger partial charge in [0.05, 0.1) is 4.90 Å². The Morgan fingerprint density at radius 2 is 1.55 bits per heavy atom. The lowest BCUT2D eigenvalue weighted by Crippen LogP contribution is -2.13. The van der Waals surface area contributed by atoms with Gasteiger partial charge in [-0.15, -0.1) is 0 Å². The second-order valence-corrected chi connectivity index (χ2v) is 8.45. The predicted octanol–water partition coefficient (Wildman–Crippen LogP) is 5.29. The lowest BCUT2D eigenvalue weighted by Gasteiger charge is -2.11. The molecule has 6 nitrogen and oxygen atoms in total. The van der Waals surface area contributed by atoms with Crippen LogP contribution in [0.5, 0.6) is 11.6 Å². The lowest BCUT2D eigenvalue weighted by molar-refractivity contribution is 0.461. The molecule has 0 bridgehead atoms. The lowest BCUT2D eigenvalue weighted by atomic mass is 10.2. The highest BCUT2D eigenvalue weighted by Crippen LogP contribution is 2.24. The van der Waals surface area contributed by atoms with Crippen molar-refractivity contribution in [2.45, 2.75) is 11.4 Å². The highest BCUT2D eigenvalue weighted by molar-refractivity contribution is 7.92.